The third-order valence-corrected chi connectivity index (χ3v) is 7.33. The molecular formula is C20H32N2O3S. The van der Waals surface area contributed by atoms with Gasteiger partial charge < -0.3 is 5.32 Å². The van der Waals surface area contributed by atoms with E-state index in [0.29, 0.717) is 31.6 Å². The molecule has 2 rings (SSSR count). The minimum atomic E-state index is -3.35. The van der Waals surface area contributed by atoms with Crippen molar-refractivity contribution in [3.8, 4) is 0 Å². The van der Waals surface area contributed by atoms with Crippen molar-refractivity contribution >= 4 is 21.6 Å². The van der Waals surface area contributed by atoms with Gasteiger partial charge in [-0.15, -0.1) is 0 Å². The fourth-order valence-electron chi connectivity index (χ4n) is 3.07. The summed E-state index contributed by atoms with van der Waals surface area (Å²) in [5, 5.41) is 2.99. The van der Waals surface area contributed by atoms with Crippen LogP contribution in [0.3, 0.4) is 0 Å². The average molecular weight is 381 g/mol. The van der Waals surface area contributed by atoms with Crippen molar-refractivity contribution in [2.75, 3.05) is 5.32 Å². The Morgan fingerprint density at radius 3 is 2.04 bits per heavy atom. The number of hydrogen-bond acceptors (Lipinski definition) is 3. The number of amides is 1. The lowest BCUT2D eigenvalue weighted by Crippen LogP contribution is -2.46. The van der Waals surface area contributed by atoms with Crippen LogP contribution in [0, 0.1) is 5.92 Å². The lowest BCUT2D eigenvalue weighted by molar-refractivity contribution is -0.120. The maximum atomic E-state index is 12.5. The van der Waals surface area contributed by atoms with Gasteiger partial charge in [0.15, 0.2) is 0 Å². The fourth-order valence-corrected chi connectivity index (χ4v) is 4.09. The van der Waals surface area contributed by atoms with Crippen LogP contribution in [0.15, 0.2) is 24.3 Å². The van der Waals surface area contributed by atoms with Crippen molar-refractivity contribution in [1.82, 2.24) is 4.72 Å². The Kier molecular flexibility index (Phi) is 6.51. The normalized spacial score (nSPS) is 21.6. The quantitative estimate of drug-likeness (QED) is 0.810. The Labute approximate surface area is 158 Å². The van der Waals surface area contributed by atoms with Gasteiger partial charge in [-0.2, -0.15) is 0 Å². The van der Waals surface area contributed by atoms with E-state index in [1.54, 1.807) is 20.8 Å². The van der Waals surface area contributed by atoms with Gasteiger partial charge >= 0.3 is 0 Å². The van der Waals surface area contributed by atoms with Crippen LogP contribution in [0.5, 0.6) is 0 Å². The van der Waals surface area contributed by atoms with E-state index in [9.17, 15) is 13.2 Å². The summed E-state index contributed by atoms with van der Waals surface area (Å²) in [6, 6.07) is 7.89. The maximum Gasteiger partial charge on any atom is 0.227 e. The third-order valence-electron chi connectivity index (χ3n) is 5.07. The van der Waals surface area contributed by atoms with Crippen molar-refractivity contribution in [2.24, 2.45) is 5.92 Å². The molecule has 0 atom stereocenters. The molecule has 0 unspecified atom stereocenters. The summed E-state index contributed by atoms with van der Waals surface area (Å²) in [4.78, 5) is 12.5. The van der Waals surface area contributed by atoms with Crippen molar-refractivity contribution in [3.63, 3.8) is 0 Å². The monoisotopic (exact) mass is 380 g/mol. The number of rotatable bonds is 5. The number of carbonyl (C=O) groups excluding carboxylic acids is 1. The van der Waals surface area contributed by atoms with E-state index >= 15 is 0 Å². The van der Waals surface area contributed by atoms with E-state index in [0.717, 1.165) is 5.69 Å². The number of benzene rings is 1. The number of carbonyl (C=O) groups is 1. The molecule has 0 spiro atoms. The minimum absolute atomic E-state index is 0.0272. The lowest BCUT2D eigenvalue weighted by atomic mass is 9.86. The molecule has 0 aromatic heterocycles. The van der Waals surface area contributed by atoms with Gasteiger partial charge in [0.25, 0.3) is 0 Å². The molecule has 1 amide bonds. The van der Waals surface area contributed by atoms with E-state index in [2.05, 4.69) is 23.9 Å². The van der Waals surface area contributed by atoms with Gasteiger partial charge in [0, 0.05) is 17.6 Å². The SMILES string of the molecule is CC(C)c1ccc(NC(=O)C2CCC(NS(=O)(=O)C(C)(C)C)CC2)cc1. The van der Waals surface area contributed by atoms with E-state index in [-0.39, 0.29) is 17.9 Å². The van der Waals surface area contributed by atoms with Crippen molar-refractivity contribution < 1.29 is 13.2 Å². The molecule has 26 heavy (non-hydrogen) atoms. The van der Waals surface area contributed by atoms with Crippen LogP contribution in [-0.4, -0.2) is 25.1 Å². The second-order valence-corrected chi connectivity index (χ2v) is 11.0. The zero-order valence-electron chi connectivity index (χ0n) is 16.5. The van der Waals surface area contributed by atoms with E-state index in [4.69, 9.17) is 0 Å². The number of sulfonamides is 1. The molecule has 1 aliphatic rings. The molecule has 1 fully saturated rings. The predicted octanol–water partition coefficient (Wildman–Crippen LogP) is 4.03. The standard InChI is InChI=1S/C20H32N2O3S/c1-14(2)15-6-10-17(11-7-15)21-19(23)16-8-12-18(13-9-16)22-26(24,25)20(3,4)5/h6-7,10-11,14,16,18,22H,8-9,12-13H2,1-5H3,(H,21,23). The van der Waals surface area contributed by atoms with Crippen LogP contribution in [0.25, 0.3) is 0 Å². The highest BCUT2D eigenvalue weighted by Gasteiger charge is 2.34. The Bertz CT molecular complexity index is 710. The van der Waals surface area contributed by atoms with Gasteiger partial charge in [-0.25, -0.2) is 13.1 Å². The molecule has 0 heterocycles. The Morgan fingerprint density at radius 2 is 1.58 bits per heavy atom. The number of anilines is 1. The zero-order chi connectivity index (χ0) is 19.5. The molecule has 5 nitrogen and oxygen atoms in total. The van der Waals surface area contributed by atoms with Crippen LogP contribution in [-0.2, 0) is 14.8 Å². The molecule has 1 saturated carbocycles. The predicted molar refractivity (Wildman–Crippen MR) is 107 cm³/mol. The van der Waals surface area contributed by atoms with Crippen LogP contribution < -0.4 is 10.0 Å². The first-order valence-electron chi connectivity index (χ1n) is 9.42. The first-order chi connectivity index (χ1) is 12.0. The van der Waals surface area contributed by atoms with Crippen molar-refractivity contribution in [1.29, 1.82) is 0 Å². The summed E-state index contributed by atoms with van der Waals surface area (Å²) in [5.41, 5.74) is 2.06. The smallest absolute Gasteiger partial charge is 0.227 e. The fraction of sp³-hybridized carbons (Fsp3) is 0.650. The molecule has 0 bridgehead atoms. The molecule has 6 heteroatoms. The first-order valence-corrected chi connectivity index (χ1v) is 10.9. The number of nitrogens with one attached hydrogen (secondary N) is 2. The van der Waals surface area contributed by atoms with Gasteiger partial charge in [0.1, 0.15) is 0 Å². The van der Waals surface area contributed by atoms with Gasteiger partial charge in [0.2, 0.25) is 15.9 Å². The molecule has 2 N–H and O–H groups in total. The van der Waals surface area contributed by atoms with Crippen LogP contribution >= 0.6 is 0 Å². The second-order valence-electron chi connectivity index (χ2n) is 8.55. The summed E-state index contributed by atoms with van der Waals surface area (Å²) in [6.45, 7) is 9.36. The molecule has 1 aromatic carbocycles. The summed E-state index contributed by atoms with van der Waals surface area (Å²) in [5.74, 6) is 0.432. The van der Waals surface area contributed by atoms with Gasteiger partial charge in [-0.3, -0.25) is 4.79 Å². The Morgan fingerprint density at radius 1 is 1.04 bits per heavy atom. The third kappa shape index (κ3) is 5.30. The molecule has 0 radical (unpaired) electrons. The molecule has 146 valence electrons. The Hall–Kier alpha value is -1.40. The largest absolute Gasteiger partial charge is 0.326 e. The van der Waals surface area contributed by atoms with Gasteiger partial charge in [-0.1, -0.05) is 26.0 Å². The van der Waals surface area contributed by atoms with E-state index < -0.39 is 14.8 Å². The molecule has 0 aliphatic heterocycles. The van der Waals surface area contributed by atoms with E-state index in [1.807, 2.05) is 24.3 Å². The van der Waals surface area contributed by atoms with Crippen molar-refractivity contribution in [3.05, 3.63) is 29.8 Å². The average Bonchev–Trinajstić information content (AvgIpc) is 2.54. The highest BCUT2D eigenvalue weighted by atomic mass is 32.2. The molecule has 0 saturated heterocycles. The Balaban J connectivity index is 1.86. The maximum absolute atomic E-state index is 12.5. The highest BCUT2D eigenvalue weighted by molar-refractivity contribution is 7.90. The number of hydrogen-bond donors (Lipinski definition) is 2. The van der Waals surface area contributed by atoms with Crippen LogP contribution in [0.4, 0.5) is 5.69 Å². The summed E-state index contributed by atoms with van der Waals surface area (Å²) < 4.78 is 26.5. The first kappa shape index (κ1) is 20.9. The topological polar surface area (TPSA) is 75.3 Å². The molecule has 1 aromatic rings. The minimum Gasteiger partial charge on any atom is -0.326 e. The summed E-state index contributed by atoms with van der Waals surface area (Å²) in [6.07, 6.45) is 2.79. The van der Waals surface area contributed by atoms with Gasteiger partial charge in [-0.05, 0) is 70.1 Å². The van der Waals surface area contributed by atoms with Crippen LogP contribution in [0.2, 0.25) is 0 Å². The van der Waals surface area contributed by atoms with Crippen molar-refractivity contribution in [2.45, 2.75) is 77.0 Å². The lowest BCUT2D eigenvalue weighted by Gasteiger charge is -2.30. The van der Waals surface area contributed by atoms with E-state index in [1.165, 1.54) is 5.56 Å². The zero-order valence-corrected chi connectivity index (χ0v) is 17.3. The highest BCUT2D eigenvalue weighted by Crippen LogP contribution is 2.27. The summed E-state index contributed by atoms with van der Waals surface area (Å²) >= 11 is 0. The molecule has 1 aliphatic carbocycles. The van der Waals surface area contributed by atoms with Crippen LogP contribution in [0.1, 0.15) is 71.8 Å². The summed E-state index contributed by atoms with van der Waals surface area (Å²) in [7, 11) is -3.35. The van der Waals surface area contributed by atoms with Gasteiger partial charge in [0.05, 0.1) is 4.75 Å². The second kappa shape index (κ2) is 8.09. The molecular weight excluding hydrogens is 348 g/mol.